The third kappa shape index (κ3) is 4.96. The van der Waals surface area contributed by atoms with E-state index in [1.165, 1.54) is 6.07 Å². The standard InChI is InChI=1S/C17H20F3N3O/c1-12(13-4-2-5-14(10-13)17(18,19)20)23(15-6-7-15)11-16(24)22-9-3-8-21/h2,4-5,10,12,15H,3,6-7,9,11H2,1H3,(H,22,24)/t12-/m0/s1. The maximum absolute atomic E-state index is 12.9. The number of amides is 1. The van der Waals surface area contributed by atoms with Crippen LogP contribution in [0.3, 0.4) is 0 Å². The minimum atomic E-state index is -4.38. The van der Waals surface area contributed by atoms with E-state index >= 15 is 0 Å². The van der Waals surface area contributed by atoms with Crippen molar-refractivity contribution in [2.45, 2.75) is 44.4 Å². The number of benzene rings is 1. The third-order valence-electron chi connectivity index (χ3n) is 4.09. The van der Waals surface area contributed by atoms with E-state index < -0.39 is 11.7 Å². The minimum Gasteiger partial charge on any atom is -0.354 e. The van der Waals surface area contributed by atoms with Crippen molar-refractivity contribution in [3.8, 4) is 6.07 Å². The summed E-state index contributed by atoms with van der Waals surface area (Å²) >= 11 is 0. The predicted molar refractivity (Wildman–Crippen MR) is 82.8 cm³/mol. The Hall–Kier alpha value is -2.07. The van der Waals surface area contributed by atoms with Gasteiger partial charge in [-0.15, -0.1) is 0 Å². The zero-order valence-corrected chi connectivity index (χ0v) is 13.4. The van der Waals surface area contributed by atoms with Crippen LogP contribution in [0.25, 0.3) is 0 Å². The minimum absolute atomic E-state index is 0.119. The number of nitrogens with zero attached hydrogens (tertiary/aromatic N) is 2. The van der Waals surface area contributed by atoms with Crippen LogP contribution in [0.4, 0.5) is 13.2 Å². The molecule has 1 aliphatic rings. The SMILES string of the molecule is C[C@@H](c1cccc(C(F)(F)F)c1)N(CC(=O)NCCC#N)C1CC1. The Morgan fingerprint density at radius 3 is 2.75 bits per heavy atom. The topological polar surface area (TPSA) is 56.1 Å². The van der Waals surface area contributed by atoms with Gasteiger partial charge in [0.1, 0.15) is 0 Å². The predicted octanol–water partition coefficient (Wildman–Crippen LogP) is 3.26. The number of nitriles is 1. The highest BCUT2D eigenvalue weighted by Crippen LogP contribution is 2.36. The van der Waals surface area contributed by atoms with Crippen molar-refractivity contribution in [2.24, 2.45) is 0 Å². The van der Waals surface area contributed by atoms with E-state index in [1.807, 2.05) is 17.9 Å². The first-order valence-corrected chi connectivity index (χ1v) is 7.89. The molecule has 4 nitrogen and oxygen atoms in total. The first-order valence-electron chi connectivity index (χ1n) is 7.89. The first kappa shape index (κ1) is 18.3. The Morgan fingerprint density at radius 1 is 1.46 bits per heavy atom. The summed E-state index contributed by atoms with van der Waals surface area (Å²) in [6, 6.07) is 7.12. The molecule has 0 heterocycles. The summed E-state index contributed by atoms with van der Waals surface area (Å²) in [6.07, 6.45) is -2.27. The zero-order chi connectivity index (χ0) is 17.7. The van der Waals surface area contributed by atoms with Crippen molar-refractivity contribution in [3.63, 3.8) is 0 Å². The molecule has 1 saturated carbocycles. The van der Waals surface area contributed by atoms with Crippen molar-refractivity contribution in [1.82, 2.24) is 10.2 Å². The molecule has 0 unspecified atom stereocenters. The second kappa shape index (κ2) is 7.67. The van der Waals surface area contributed by atoms with Crippen LogP contribution in [0.1, 0.15) is 43.4 Å². The van der Waals surface area contributed by atoms with Crippen LogP contribution in [-0.2, 0) is 11.0 Å². The molecule has 0 radical (unpaired) electrons. The fourth-order valence-corrected chi connectivity index (χ4v) is 2.63. The number of hydrogen-bond donors (Lipinski definition) is 1. The Labute approximate surface area is 139 Å². The lowest BCUT2D eigenvalue weighted by Crippen LogP contribution is -2.40. The first-order chi connectivity index (χ1) is 11.3. The van der Waals surface area contributed by atoms with E-state index in [0.717, 1.165) is 25.0 Å². The molecule has 130 valence electrons. The molecule has 1 atom stereocenters. The van der Waals surface area contributed by atoms with Crippen LogP contribution in [0.5, 0.6) is 0 Å². The van der Waals surface area contributed by atoms with Crippen LogP contribution >= 0.6 is 0 Å². The summed E-state index contributed by atoms with van der Waals surface area (Å²) < 4.78 is 38.6. The average molecular weight is 339 g/mol. The van der Waals surface area contributed by atoms with Gasteiger partial charge in [-0.3, -0.25) is 9.69 Å². The summed E-state index contributed by atoms with van der Waals surface area (Å²) in [5, 5.41) is 11.1. The van der Waals surface area contributed by atoms with Gasteiger partial charge in [0.15, 0.2) is 0 Å². The van der Waals surface area contributed by atoms with E-state index in [4.69, 9.17) is 5.26 Å². The lowest BCUT2D eigenvalue weighted by Gasteiger charge is -2.29. The highest BCUT2D eigenvalue weighted by molar-refractivity contribution is 5.78. The third-order valence-corrected chi connectivity index (χ3v) is 4.09. The van der Waals surface area contributed by atoms with E-state index in [1.54, 1.807) is 6.07 Å². The number of carbonyl (C=O) groups is 1. The van der Waals surface area contributed by atoms with Gasteiger partial charge < -0.3 is 5.32 Å². The Kier molecular flexibility index (Phi) is 5.84. The van der Waals surface area contributed by atoms with Gasteiger partial charge in [0.25, 0.3) is 0 Å². The lowest BCUT2D eigenvalue weighted by molar-refractivity contribution is -0.137. The molecule has 0 spiro atoms. The van der Waals surface area contributed by atoms with Crippen LogP contribution in [0.2, 0.25) is 0 Å². The second-order valence-electron chi connectivity index (χ2n) is 5.96. The summed E-state index contributed by atoms with van der Waals surface area (Å²) in [6.45, 7) is 2.22. The van der Waals surface area contributed by atoms with Crippen molar-refractivity contribution in [2.75, 3.05) is 13.1 Å². The number of rotatable bonds is 7. The molecule has 1 N–H and O–H groups in total. The Balaban J connectivity index is 2.08. The Morgan fingerprint density at radius 2 is 2.17 bits per heavy atom. The summed E-state index contributed by atoms with van der Waals surface area (Å²) in [5.74, 6) is -0.212. The monoisotopic (exact) mass is 339 g/mol. The van der Waals surface area contributed by atoms with E-state index in [-0.39, 0.29) is 37.5 Å². The van der Waals surface area contributed by atoms with Crippen molar-refractivity contribution < 1.29 is 18.0 Å². The van der Waals surface area contributed by atoms with E-state index in [0.29, 0.717) is 5.56 Å². The molecular formula is C17H20F3N3O. The number of hydrogen-bond acceptors (Lipinski definition) is 3. The maximum Gasteiger partial charge on any atom is 0.416 e. The van der Waals surface area contributed by atoms with Crippen molar-refractivity contribution in [3.05, 3.63) is 35.4 Å². The van der Waals surface area contributed by atoms with Gasteiger partial charge in [0.2, 0.25) is 5.91 Å². The maximum atomic E-state index is 12.9. The lowest BCUT2D eigenvalue weighted by atomic mass is 10.0. The van der Waals surface area contributed by atoms with Gasteiger partial charge in [0.05, 0.1) is 24.6 Å². The van der Waals surface area contributed by atoms with Crippen LogP contribution in [-0.4, -0.2) is 29.9 Å². The van der Waals surface area contributed by atoms with Gasteiger partial charge in [-0.25, -0.2) is 0 Å². The van der Waals surface area contributed by atoms with Gasteiger partial charge in [-0.2, -0.15) is 18.4 Å². The van der Waals surface area contributed by atoms with Gasteiger partial charge >= 0.3 is 6.18 Å². The number of nitrogens with one attached hydrogen (secondary N) is 1. The molecular weight excluding hydrogens is 319 g/mol. The molecule has 1 aromatic rings. The number of alkyl halides is 3. The summed E-state index contributed by atoms with van der Waals surface area (Å²) in [7, 11) is 0. The molecule has 24 heavy (non-hydrogen) atoms. The van der Waals surface area contributed by atoms with Gasteiger partial charge in [-0.05, 0) is 37.5 Å². The normalized spacial score (nSPS) is 15.8. The van der Waals surface area contributed by atoms with Gasteiger partial charge in [-0.1, -0.05) is 12.1 Å². The van der Waals surface area contributed by atoms with E-state index in [9.17, 15) is 18.0 Å². The molecule has 2 rings (SSSR count). The molecule has 0 saturated heterocycles. The molecule has 7 heteroatoms. The van der Waals surface area contributed by atoms with Gasteiger partial charge in [0, 0.05) is 18.6 Å². The highest BCUT2D eigenvalue weighted by atomic mass is 19.4. The quantitative estimate of drug-likeness (QED) is 0.776. The van der Waals surface area contributed by atoms with Crippen LogP contribution in [0, 0.1) is 11.3 Å². The molecule has 1 amide bonds. The zero-order valence-electron chi connectivity index (χ0n) is 13.4. The molecule has 0 aromatic heterocycles. The second-order valence-corrected chi connectivity index (χ2v) is 5.96. The van der Waals surface area contributed by atoms with Crippen LogP contribution in [0.15, 0.2) is 24.3 Å². The van der Waals surface area contributed by atoms with E-state index in [2.05, 4.69) is 5.32 Å². The fraction of sp³-hybridized carbons (Fsp3) is 0.529. The fourth-order valence-electron chi connectivity index (χ4n) is 2.63. The molecule has 1 aliphatic carbocycles. The molecule has 0 aliphatic heterocycles. The van der Waals surface area contributed by atoms with Crippen molar-refractivity contribution in [1.29, 1.82) is 5.26 Å². The number of carbonyl (C=O) groups excluding carboxylic acids is 1. The largest absolute Gasteiger partial charge is 0.416 e. The van der Waals surface area contributed by atoms with Crippen molar-refractivity contribution >= 4 is 5.91 Å². The average Bonchev–Trinajstić information content (AvgIpc) is 3.36. The Bertz CT molecular complexity index is 620. The molecule has 0 bridgehead atoms. The summed E-state index contributed by atoms with van der Waals surface area (Å²) in [4.78, 5) is 13.9. The molecule has 1 fully saturated rings. The number of halogens is 3. The smallest absolute Gasteiger partial charge is 0.354 e. The summed E-state index contributed by atoms with van der Waals surface area (Å²) in [5.41, 5.74) is -0.136. The highest BCUT2D eigenvalue weighted by Gasteiger charge is 2.35. The molecule has 1 aromatic carbocycles. The van der Waals surface area contributed by atoms with Crippen LogP contribution < -0.4 is 5.32 Å².